The van der Waals surface area contributed by atoms with E-state index in [0.717, 1.165) is 0 Å². The van der Waals surface area contributed by atoms with Crippen LogP contribution >= 0.6 is 0 Å². The predicted molar refractivity (Wildman–Crippen MR) is 73.6 cm³/mol. The topological polar surface area (TPSA) is 112 Å². The van der Waals surface area contributed by atoms with Crippen LogP contribution in [0, 0.1) is 5.82 Å². The predicted octanol–water partition coefficient (Wildman–Crippen LogP) is 0.963. The molecular formula is C13H12FN5O3. The summed E-state index contributed by atoms with van der Waals surface area (Å²) in [4.78, 5) is 22.3. The highest BCUT2D eigenvalue weighted by atomic mass is 19.1. The second-order valence-corrected chi connectivity index (χ2v) is 4.83. The fourth-order valence-corrected chi connectivity index (χ4v) is 2.33. The minimum Gasteiger partial charge on any atom is -0.389 e. The van der Waals surface area contributed by atoms with Crippen molar-refractivity contribution in [3.8, 4) is 17.1 Å². The first-order valence-electron chi connectivity index (χ1n) is 6.45. The van der Waals surface area contributed by atoms with Crippen LogP contribution in [0.15, 0.2) is 12.1 Å². The molecule has 1 aromatic carbocycles. The molecule has 0 saturated heterocycles. The third kappa shape index (κ3) is 2.36. The lowest BCUT2D eigenvalue weighted by molar-refractivity contribution is -0.116. The molecule has 0 aliphatic carbocycles. The molecule has 3 N–H and O–H groups in total. The van der Waals surface area contributed by atoms with E-state index in [-0.39, 0.29) is 29.6 Å². The molecule has 1 aliphatic heterocycles. The highest BCUT2D eigenvalue weighted by Crippen LogP contribution is 2.34. The van der Waals surface area contributed by atoms with E-state index in [1.807, 2.05) is 0 Å². The molecule has 114 valence electrons. The fourth-order valence-electron chi connectivity index (χ4n) is 2.33. The van der Waals surface area contributed by atoms with E-state index in [1.165, 1.54) is 17.8 Å². The number of benzene rings is 1. The zero-order valence-electron chi connectivity index (χ0n) is 11.6. The van der Waals surface area contributed by atoms with Crippen LogP contribution in [0.25, 0.3) is 11.3 Å². The number of ether oxygens (including phenoxy) is 1. The third-order valence-corrected chi connectivity index (χ3v) is 3.30. The second-order valence-electron chi connectivity index (χ2n) is 4.83. The van der Waals surface area contributed by atoms with Gasteiger partial charge in [0, 0.05) is 19.0 Å². The highest BCUT2D eigenvalue weighted by molar-refractivity contribution is 5.94. The van der Waals surface area contributed by atoms with Crippen LogP contribution in [0.2, 0.25) is 0 Å². The van der Waals surface area contributed by atoms with Gasteiger partial charge < -0.3 is 15.8 Å². The molecule has 0 fully saturated rings. The Balaban J connectivity index is 2.09. The van der Waals surface area contributed by atoms with Crippen molar-refractivity contribution in [1.82, 2.24) is 15.0 Å². The van der Waals surface area contributed by atoms with Crippen LogP contribution in [0.3, 0.4) is 0 Å². The number of amides is 2. The van der Waals surface area contributed by atoms with Crippen LogP contribution in [0.1, 0.15) is 12.0 Å². The molecular weight excluding hydrogens is 293 g/mol. The molecule has 2 heterocycles. The van der Waals surface area contributed by atoms with Gasteiger partial charge in [-0.15, -0.1) is 5.10 Å². The Bertz CT molecular complexity index is 786. The van der Waals surface area contributed by atoms with Gasteiger partial charge in [0.25, 0.3) is 5.88 Å². The van der Waals surface area contributed by atoms with Gasteiger partial charge in [-0.2, -0.15) is 0 Å². The summed E-state index contributed by atoms with van der Waals surface area (Å²) in [6, 6.07) is 2.87. The summed E-state index contributed by atoms with van der Waals surface area (Å²) < 4.78 is 20.3. The Labute approximate surface area is 124 Å². The third-order valence-electron chi connectivity index (χ3n) is 3.30. The Kier molecular flexibility index (Phi) is 3.24. The monoisotopic (exact) mass is 305 g/mol. The summed E-state index contributed by atoms with van der Waals surface area (Å²) in [6.07, 6.45) is -0.323. The maximum atomic E-state index is 14.2. The minimum absolute atomic E-state index is 0.0201. The lowest BCUT2D eigenvalue weighted by atomic mass is 9.99. The van der Waals surface area contributed by atoms with Gasteiger partial charge in [0.2, 0.25) is 5.91 Å². The van der Waals surface area contributed by atoms with Crippen LogP contribution in [0.5, 0.6) is 5.88 Å². The van der Waals surface area contributed by atoms with Gasteiger partial charge in [0.1, 0.15) is 5.82 Å². The zero-order valence-corrected chi connectivity index (χ0v) is 11.6. The highest BCUT2D eigenvalue weighted by Gasteiger charge is 2.23. The number of carbonyl (C=O) groups is 2. The van der Waals surface area contributed by atoms with Gasteiger partial charge in [0.05, 0.1) is 5.69 Å². The van der Waals surface area contributed by atoms with Gasteiger partial charge in [-0.25, -0.2) is 13.9 Å². The molecule has 2 aromatic rings. The first-order chi connectivity index (χ1) is 10.5. The van der Waals surface area contributed by atoms with E-state index in [4.69, 9.17) is 10.5 Å². The van der Waals surface area contributed by atoms with Gasteiger partial charge in [-0.05, 0) is 24.1 Å². The maximum Gasteiger partial charge on any atom is 0.411 e. The first kappa shape index (κ1) is 14.0. The van der Waals surface area contributed by atoms with Crippen molar-refractivity contribution in [2.24, 2.45) is 12.8 Å². The minimum atomic E-state index is -1.02. The van der Waals surface area contributed by atoms with Crippen molar-refractivity contribution in [2.45, 2.75) is 12.8 Å². The number of rotatable bonds is 2. The van der Waals surface area contributed by atoms with E-state index >= 15 is 0 Å². The summed E-state index contributed by atoms with van der Waals surface area (Å²) in [5.41, 5.74) is 6.40. The largest absolute Gasteiger partial charge is 0.411 e. The standard InChI is InChI=1S/C13H12FN5O3/c1-19-12(22-13(15)21)11(17-18-19)7-4-6-2-3-9(20)16-10(6)8(14)5-7/h4-5H,2-3H2,1H3,(H2,15,21)(H,16,20). The van der Waals surface area contributed by atoms with Crippen LogP contribution in [-0.4, -0.2) is 27.0 Å². The number of anilines is 1. The summed E-state index contributed by atoms with van der Waals surface area (Å²) in [6.45, 7) is 0. The molecule has 0 saturated carbocycles. The Morgan fingerprint density at radius 3 is 2.95 bits per heavy atom. The number of hydrogen-bond acceptors (Lipinski definition) is 5. The molecule has 0 radical (unpaired) electrons. The molecule has 0 bridgehead atoms. The Morgan fingerprint density at radius 2 is 2.23 bits per heavy atom. The van der Waals surface area contributed by atoms with Crippen molar-refractivity contribution in [3.05, 3.63) is 23.5 Å². The number of hydrogen-bond donors (Lipinski definition) is 2. The van der Waals surface area contributed by atoms with Crippen LogP contribution < -0.4 is 15.8 Å². The van der Waals surface area contributed by atoms with E-state index in [2.05, 4.69) is 15.6 Å². The van der Waals surface area contributed by atoms with E-state index in [0.29, 0.717) is 17.5 Å². The molecule has 0 atom stereocenters. The molecule has 22 heavy (non-hydrogen) atoms. The summed E-state index contributed by atoms with van der Waals surface area (Å²) in [7, 11) is 1.52. The number of primary amides is 1. The van der Waals surface area contributed by atoms with Crippen molar-refractivity contribution < 1.29 is 18.7 Å². The van der Waals surface area contributed by atoms with Gasteiger partial charge in [-0.3, -0.25) is 4.79 Å². The summed E-state index contributed by atoms with van der Waals surface area (Å²) in [5.74, 6) is -0.792. The molecule has 1 aliphatic rings. The second kappa shape index (κ2) is 5.10. The van der Waals surface area contributed by atoms with E-state index in [1.54, 1.807) is 6.07 Å². The van der Waals surface area contributed by atoms with E-state index in [9.17, 15) is 14.0 Å². The number of nitrogens with two attached hydrogens (primary N) is 1. The number of carbonyl (C=O) groups excluding carboxylic acids is 2. The van der Waals surface area contributed by atoms with Gasteiger partial charge >= 0.3 is 6.09 Å². The van der Waals surface area contributed by atoms with Crippen molar-refractivity contribution in [3.63, 3.8) is 0 Å². The SMILES string of the molecule is Cn1nnc(-c2cc(F)c3c(c2)CCC(=O)N3)c1OC(N)=O. The molecule has 9 heteroatoms. The molecule has 0 spiro atoms. The summed E-state index contributed by atoms with van der Waals surface area (Å²) >= 11 is 0. The number of nitrogens with zero attached hydrogens (tertiary/aromatic N) is 3. The number of nitrogens with one attached hydrogen (secondary N) is 1. The molecule has 0 unspecified atom stereocenters. The van der Waals surface area contributed by atoms with E-state index < -0.39 is 11.9 Å². The maximum absolute atomic E-state index is 14.2. The van der Waals surface area contributed by atoms with Crippen molar-refractivity contribution in [2.75, 3.05) is 5.32 Å². The quantitative estimate of drug-likeness (QED) is 0.858. The number of aryl methyl sites for hydroxylation is 2. The number of aromatic nitrogens is 3. The average Bonchev–Trinajstić information content (AvgIpc) is 2.80. The summed E-state index contributed by atoms with van der Waals surface area (Å²) in [5, 5.41) is 10.1. The van der Waals surface area contributed by atoms with Crippen LogP contribution in [0.4, 0.5) is 14.9 Å². The fraction of sp³-hybridized carbons (Fsp3) is 0.231. The van der Waals surface area contributed by atoms with Crippen LogP contribution in [-0.2, 0) is 18.3 Å². The Morgan fingerprint density at radius 1 is 1.45 bits per heavy atom. The number of halogens is 1. The smallest absolute Gasteiger partial charge is 0.389 e. The lowest BCUT2D eigenvalue weighted by Gasteiger charge is -2.18. The lowest BCUT2D eigenvalue weighted by Crippen LogP contribution is -2.20. The zero-order chi connectivity index (χ0) is 15.9. The number of fused-ring (bicyclic) bond motifs is 1. The Hall–Kier alpha value is -2.97. The molecule has 8 nitrogen and oxygen atoms in total. The van der Waals surface area contributed by atoms with Gasteiger partial charge in [0.15, 0.2) is 5.69 Å². The molecule has 3 rings (SSSR count). The van der Waals surface area contributed by atoms with Crippen molar-refractivity contribution >= 4 is 17.7 Å². The molecule has 2 amide bonds. The average molecular weight is 305 g/mol. The first-order valence-corrected chi connectivity index (χ1v) is 6.45. The normalized spacial score (nSPS) is 13.5. The van der Waals surface area contributed by atoms with Crippen molar-refractivity contribution in [1.29, 1.82) is 0 Å². The van der Waals surface area contributed by atoms with Gasteiger partial charge in [-0.1, -0.05) is 5.21 Å². The molecule has 1 aromatic heterocycles.